The average Bonchev–Trinajstić information content (AvgIpc) is 3.42. The number of hydrogen-bond donors (Lipinski definition) is 13. The molecule has 3 fully saturated rings. The summed E-state index contributed by atoms with van der Waals surface area (Å²) in [5, 5.41) is 126. The Hall–Kier alpha value is -1.21. The topological polar surface area (TPSA) is 326 Å². The lowest BCUT2D eigenvalue weighted by atomic mass is 9.97. The lowest BCUT2D eigenvalue weighted by Gasteiger charge is -2.49. The fourth-order valence-electron chi connectivity index (χ4n) is 6.73. The molecule has 0 aromatic heterocycles. The summed E-state index contributed by atoms with van der Waals surface area (Å²) in [7, 11) is 0. The molecule has 0 aromatic rings. The molecule has 0 aromatic carbocycles. The van der Waals surface area contributed by atoms with E-state index < -0.39 is 118 Å². The molecule has 14 atom stereocenters. The zero-order valence-electron chi connectivity index (χ0n) is 31.8. The molecule has 3 aliphatic heterocycles. The van der Waals surface area contributed by atoms with E-state index >= 15 is 0 Å². The number of carbonyl (C=O) groups is 1. The van der Waals surface area contributed by atoms with Crippen molar-refractivity contribution in [3.63, 3.8) is 0 Å². The maximum absolute atomic E-state index is 12.9. The molecule has 19 nitrogen and oxygen atoms in total. The van der Waals surface area contributed by atoms with E-state index in [1.807, 2.05) is 0 Å². The van der Waals surface area contributed by atoms with Crippen LogP contribution >= 0.6 is 0 Å². The third-order valence-electron chi connectivity index (χ3n) is 10.2. The number of carbonyl (C=O) groups excluding carboxylic acids is 1. The molecule has 13 N–H and O–H groups in total. The Morgan fingerprint density at radius 1 is 0.527 bits per heavy atom. The molecule has 3 rings (SSSR count). The monoisotopic (exact) mass is 804 g/mol. The Balaban J connectivity index is 0.000000737. The van der Waals surface area contributed by atoms with E-state index in [-0.39, 0.29) is 6.42 Å². The highest BCUT2D eigenvalue weighted by atomic mass is 16.9. The van der Waals surface area contributed by atoms with E-state index in [0.717, 1.165) is 25.7 Å². The van der Waals surface area contributed by atoms with Crippen LogP contribution in [0.25, 0.3) is 0 Å². The second kappa shape index (κ2) is 25.3. The Bertz CT molecular complexity index is 1040. The number of esters is 1. The average molecular weight is 805 g/mol. The van der Waals surface area contributed by atoms with E-state index in [1.54, 1.807) is 0 Å². The molecule has 0 radical (unpaired) electrons. The zero-order valence-corrected chi connectivity index (χ0v) is 31.8. The van der Waals surface area contributed by atoms with Gasteiger partial charge in [-0.05, 0) is 6.42 Å². The van der Waals surface area contributed by atoms with Crippen molar-refractivity contribution in [2.24, 2.45) is 0 Å². The first-order valence-corrected chi connectivity index (χ1v) is 19.7. The van der Waals surface area contributed by atoms with Gasteiger partial charge in [-0.1, -0.05) is 96.8 Å². The molecule has 0 bridgehead atoms. The number of ether oxygens (including phenoxy) is 5. The van der Waals surface area contributed by atoms with E-state index in [1.165, 1.54) is 64.2 Å². The SMILES string of the molecule is CCCCCCCCCCCCCCCCCC(=O)OC1(OC2(CO)OC(CO)C(O)C2O)OC(CO)C(O)C(O)C1O.OC[C@H]1OC(O)[C@H](O)[C@@H](O)[C@@H]1O. The molecule has 55 heavy (non-hydrogen) atoms. The highest BCUT2D eigenvalue weighted by molar-refractivity contribution is 5.69. The molecule has 19 heteroatoms. The Kier molecular flexibility index (Phi) is 23.0. The lowest BCUT2D eigenvalue weighted by Crippen LogP contribution is -2.70. The van der Waals surface area contributed by atoms with Crippen molar-refractivity contribution in [3.8, 4) is 0 Å². The minimum absolute atomic E-state index is 0.126. The Labute approximate surface area is 322 Å². The van der Waals surface area contributed by atoms with Gasteiger partial charge < -0.3 is 85.3 Å². The molecule has 0 amide bonds. The molecule has 3 aliphatic rings. The number of unbranched alkanes of at least 4 members (excludes halogenated alkanes) is 14. The van der Waals surface area contributed by atoms with Gasteiger partial charge in [-0.15, -0.1) is 0 Å². The van der Waals surface area contributed by atoms with E-state index in [4.69, 9.17) is 44.5 Å². The number of aliphatic hydroxyl groups excluding tert-OH is 13. The highest BCUT2D eigenvalue weighted by Gasteiger charge is 2.65. The largest absolute Gasteiger partial charge is 0.405 e. The quantitative estimate of drug-likeness (QED) is 0.0289. The van der Waals surface area contributed by atoms with Gasteiger partial charge in [-0.3, -0.25) is 9.53 Å². The first-order valence-electron chi connectivity index (χ1n) is 19.7. The molecule has 3 heterocycles. The minimum Gasteiger partial charge on any atom is -0.405 e. The number of rotatable bonds is 23. The van der Waals surface area contributed by atoms with Crippen molar-refractivity contribution >= 4 is 5.97 Å². The second-order valence-electron chi connectivity index (χ2n) is 14.6. The van der Waals surface area contributed by atoms with Gasteiger partial charge in [0.25, 0.3) is 0 Å². The van der Waals surface area contributed by atoms with E-state index in [9.17, 15) is 45.6 Å². The van der Waals surface area contributed by atoms with Gasteiger partial charge >= 0.3 is 11.9 Å². The fraction of sp³-hybridized carbons (Fsp3) is 0.972. The van der Waals surface area contributed by atoms with Gasteiger partial charge in [0.1, 0.15) is 67.6 Å². The van der Waals surface area contributed by atoms with Crippen LogP contribution in [-0.4, -0.2) is 184 Å². The summed E-state index contributed by atoms with van der Waals surface area (Å²) in [5.74, 6) is -6.44. The third-order valence-corrected chi connectivity index (χ3v) is 10.2. The molecule has 0 spiro atoms. The van der Waals surface area contributed by atoms with Crippen LogP contribution in [0.3, 0.4) is 0 Å². The molecule has 3 saturated heterocycles. The maximum Gasteiger partial charge on any atom is 0.362 e. The van der Waals surface area contributed by atoms with Crippen LogP contribution in [0.2, 0.25) is 0 Å². The van der Waals surface area contributed by atoms with Crippen LogP contribution in [0.5, 0.6) is 0 Å². The summed E-state index contributed by atoms with van der Waals surface area (Å²) in [6, 6.07) is 0. The van der Waals surface area contributed by atoms with Gasteiger partial charge in [-0.25, -0.2) is 0 Å². The highest BCUT2D eigenvalue weighted by Crippen LogP contribution is 2.41. The van der Waals surface area contributed by atoms with Crippen molar-refractivity contribution in [1.82, 2.24) is 0 Å². The normalized spacial score (nSPS) is 37.7. The predicted octanol–water partition coefficient (Wildman–Crippen LogP) is -2.48. The molecule has 10 unspecified atom stereocenters. The summed E-state index contributed by atoms with van der Waals surface area (Å²) in [6.45, 7) is -1.12. The maximum atomic E-state index is 12.9. The fourth-order valence-corrected chi connectivity index (χ4v) is 6.73. The summed E-state index contributed by atoms with van der Waals surface area (Å²) in [6.07, 6.45) is -2.93. The summed E-state index contributed by atoms with van der Waals surface area (Å²) in [5.41, 5.74) is 0. The summed E-state index contributed by atoms with van der Waals surface area (Å²) < 4.78 is 26.3. The van der Waals surface area contributed by atoms with Gasteiger partial charge in [0.05, 0.1) is 19.8 Å². The van der Waals surface area contributed by atoms with Gasteiger partial charge in [0.2, 0.25) is 5.79 Å². The van der Waals surface area contributed by atoms with Gasteiger partial charge in [0.15, 0.2) is 12.4 Å². The zero-order chi connectivity index (χ0) is 41.2. The molecular formula is C36H68O19. The summed E-state index contributed by atoms with van der Waals surface area (Å²) >= 11 is 0. The van der Waals surface area contributed by atoms with Crippen LogP contribution < -0.4 is 0 Å². The Morgan fingerprint density at radius 3 is 1.44 bits per heavy atom. The molecular weight excluding hydrogens is 736 g/mol. The smallest absolute Gasteiger partial charge is 0.362 e. The minimum atomic E-state index is -2.95. The lowest BCUT2D eigenvalue weighted by molar-refractivity contribution is -0.498. The second-order valence-corrected chi connectivity index (χ2v) is 14.6. The van der Waals surface area contributed by atoms with Crippen molar-refractivity contribution in [2.75, 3.05) is 26.4 Å². The first kappa shape index (κ1) is 49.9. The van der Waals surface area contributed by atoms with E-state index in [2.05, 4.69) is 11.7 Å². The van der Waals surface area contributed by atoms with Gasteiger partial charge in [0, 0.05) is 6.42 Å². The van der Waals surface area contributed by atoms with Crippen molar-refractivity contribution in [2.45, 2.75) is 195 Å². The molecule has 326 valence electrons. The van der Waals surface area contributed by atoms with Crippen molar-refractivity contribution in [3.05, 3.63) is 0 Å². The number of aliphatic hydroxyl groups is 13. The van der Waals surface area contributed by atoms with Crippen LogP contribution in [0, 0.1) is 0 Å². The number of hydrogen-bond acceptors (Lipinski definition) is 19. The first-order chi connectivity index (χ1) is 26.2. The van der Waals surface area contributed by atoms with Crippen LogP contribution in [0.1, 0.15) is 110 Å². The third kappa shape index (κ3) is 14.2. The molecule has 0 aliphatic carbocycles. The standard InChI is InChI=1S/C30H56O13.C6H12O6/c1-2-3-4-5-6-7-8-9-10-11-12-13-14-15-16-17-23(34)42-30(28(39)26(37)24(35)21(18-31)41-30)43-29(20-33)27(38)25(36)22(19-32)40-29;7-1-2-3(8)4(9)5(10)6(11)12-2/h21-22,24-28,31-33,35-39H,2-20H2,1H3;2-11H,1H2/t;2-,3-,4+,5-,6?/m.1/s1. The van der Waals surface area contributed by atoms with E-state index in [0.29, 0.717) is 6.42 Å². The predicted molar refractivity (Wildman–Crippen MR) is 189 cm³/mol. The van der Waals surface area contributed by atoms with Crippen molar-refractivity contribution in [1.29, 1.82) is 0 Å². The molecule has 0 saturated carbocycles. The Morgan fingerprint density at radius 2 is 0.982 bits per heavy atom. The summed E-state index contributed by atoms with van der Waals surface area (Å²) in [4.78, 5) is 12.9. The van der Waals surface area contributed by atoms with Gasteiger partial charge in [-0.2, -0.15) is 0 Å². The van der Waals surface area contributed by atoms with Crippen LogP contribution in [0.15, 0.2) is 0 Å². The van der Waals surface area contributed by atoms with Crippen LogP contribution in [-0.2, 0) is 28.5 Å². The van der Waals surface area contributed by atoms with Crippen LogP contribution in [0.4, 0.5) is 0 Å². The van der Waals surface area contributed by atoms with Crippen molar-refractivity contribution < 1.29 is 94.9 Å².